The minimum atomic E-state index is -0.609. The summed E-state index contributed by atoms with van der Waals surface area (Å²) < 4.78 is 5.53. The highest BCUT2D eigenvalue weighted by Gasteiger charge is 2.11. The zero-order valence-electron chi connectivity index (χ0n) is 13.8. The molecule has 2 rings (SSSR count). The molecule has 0 bridgehead atoms. The van der Waals surface area contributed by atoms with Gasteiger partial charge in [-0.1, -0.05) is 23.2 Å². The van der Waals surface area contributed by atoms with Crippen molar-refractivity contribution in [1.29, 1.82) is 0 Å². The van der Waals surface area contributed by atoms with E-state index in [1.807, 2.05) is 13.8 Å². The number of nitrogens with one attached hydrogen (secondary N) is 2. The number of halogens is 2. The molecule has 0 saturated heterocycles. The molecular weight excluding hydrogens is 367 g/mol. The van der Waals surface area contributed by atoms with Crippen LogP contribution in [-0.2, 0) is 0 Å². The van der Waals surface area contributed by atoms with Crippen molar-refractivity contribution in [3.05, 3.63) is 55.7 Å². The molecule has 0 spiro atoms. The average Bonchev–Trinajstić information content (AvgIpc) is 2.49. The van der Waals surface area contributed by atoms with Gasteiger partial charge in [-0.3, -0.25) is 4.79 Å². The largest absolute Gasteiger partial charge is 0.488 e. The molecule has 0 atom stereocenters. The monoisotopic (exact) mass is 382 g/mol. The summed E-state index contributed by atoms with van der Waals surface area (Å²) in [6.07, 6.45) is 1.30. The second kappa shape index (κ2) is 8.13. The third kappa shape index (κ3) is 5.30. The van der Waals surface area contributed by atoms with E-state index >= 15 is 0 Å². The first-order valence-electron chi connectivity index (χ1n) is 7.33. The molecule has 9 heteroatoms. The molecule has 0 aliphatic carbocycles. The zero-order chi connectivity index (χ0) is 18.6. The van der Waals surface area contributed by atoms with Crippen LogP contribution in [0.4, 0.5) is 0 Å². The lowest BCUT2D eigenvalue weighted by Gasteiger charge is -2.13. The van der Waals surface area contributed by atoms with Crippen LogP contribution in [0.15, 0.2) is 28.1 Å². The van der Waals surface area contributed by atoms with Crippen LogP contribution in [-0.4, -0.2) is 28.2 Å². The Kier molecular flexibility index (Phi) is 6.17. The molecule has 7 nitrogen and oxygen atoms in total. The predicted octanol–water partition coefficient (Wildman–Crippen LogP) is 2.94. The molecular formula is C16H16Cl2N4O3. The van der Waals surface area contributed by atoms with E-state index in [4.69, 9.17) is 27.9 Å². The summed E-state index contributed by atoms with van der Waals surface area (Å²) >= 11 is 12.3. The maximum absolute atomic E-state index is 11.9. The number of ether oxygens (including phenoxy) is 1. The van der Waals surface area contributed by atoms with Crippen molar-refractivity contribution in [3.63, 3.8) is 0 Å². The Morgan fingerprint density at radius 3 is 2.52 bits per heavy atom. The summed E-state index contributed by atoms with van der Waals surface area (Å²) in [7, 11) is 0. The Morgan fingerprint density at radius 1 is 1.32 bits per heavy atom. The normalized spacial score (nSPS) is 11.1. The van der Waals surface area contributed by atoms with Crippen molar-refractivity contribution in [2.75, 3.05) is 0 Å². The summed E-state index contributed by atoms with van der Waals surface area (Å²) in [5.41, 5.74) is 2.74. The van der Waals surface area contributed by atoms with E-state index in [1.165, 1.54) is 12.3 Å². The lowest BCUT2D eigenvalue weighted by atomic mass is 10.2. The second-order valence-electron chi connectivity index (χ2n) is 5.43. The fraction of sp³-hybridized carbons (Fsp3) is 0.250. The fourth-order valence-corrected chi connectivity index (χ4v) is 2.51. The van der Waals surface area contributed by atoms with Crippen molar-refractivity contribution in [2.45, 2.75) is 26.9 Å². The van der Waals surface area contributed by atoms with Gasteiger partial charge in [0.05, 0.1) is 22.4 Å². The number of nitrogens with zero attached hydrogens (tertiary/aromatic N) is 2. The topological polar surface area (TPSA) is 96.4 Å². The summed E-state index contributed by atoms with van der Waals surface area (Å²) in [5.74, 6) is -0.217. The van der Waals surface area contributed by atoms with Crippen LogP contribution < -0.4 is 15.9 Å². The van der Waals surface area contributed by atoms with Crippen LogP contribution in [0, 0.1) is 6.92 Å². The number of hydrogen-bond donors (Lipinski definition) is 2. The Balaban J connectivity index is 2.11. The number of amides is 1. The van der Waals surface area contributed by atoms with E-state index in [-0.39, 0.29) is 11.8 Å². The average molecular weight is 383 g/mol. The van der Waals surface area contributed by atoms with Gasteiger partial charge in [0.2, 0.25) is 0 Å². The Labute approximate surface area is 154 Å². The van der Waals surface area contributed by atoms with Crippen molar-refractivity contribution < 1.29 is 9.53 Å². The first kappa shape index (κ1) is 19.0. The highest BCUT2D eigenvalue weighted by atomic mass is 35.5. The molecule has 0 unspecified atom stereocenters. The number of aromatic amines is 1. The highest BCUT2D eigenvalue weighted by Crippen LogP contribution is 2.34. The van der Waals surface area contributed by atoms with Crippen molar-refractivity contribution in [1.82, 2.24) is 15.4 Å². The molecule has 1 aromatic carbocycles. The molecule has 0 fully saturated rings. The van der Waals surface area contributed by atoms with Gasteiger partial charge in [-0.2, -0.15) is 10.1 Å². The maximum atomic E-state index is 11.9. The molecule has 2 N–H and O–H groups in total. The predicted molar refractivity (Wildman–Crippen MR) is 96.9 cm³/mol. The van der Waals surface area contributed by atoms with E-state index in [0.717, 1.165) is 0 Å². The maximum Gasteiger partial charge on any atom is 0.345 e. The number of carbonyl (C=O) groups is 1. The van der Waals surface area contributed by atoms with Gasteiger partial charge in [0.15, 0.2) is 5.75 Å². The van der Waals surface area contributed by atoms with Gasteiger partial charge in [-0.25, -0.2) is 10.2 Å². The zero-order valence-corrected chi connectivity index (χ0v) is 15.3. The molecule has 1 amide bonds. The van der Waals surface area contributed by atoms with Gasteiger partial charge in [-0.05, 0) is 44.5 Å². The fourth-order valence-electron chi connectivity index (χ4n) is 1.92. The molecule has 25 heavy (non-hydrogen) atoms. The van der Waals surface area contributed by atoms with Crippen molar-refractivity contribution in [2.24, 2.45) is 5.10 Å². The van der Waals surface area contributed by atoms with Gasteiger partial charge in [0, 0.05) is 5.69 Å². The molecule has 2 aromatic rings. The molecule has 1 aromatic heterocycles. The van der Waals surface area contributed by atoms with E-state index in [9.17, 15) is 9.59 Å². The number of aromatic nitrogens is 2. The number of carbonyl (C=O) groups excluding carboxylic acids is 1. The smallest absolute Gasteiger partial charge is 0.345 e. The minimum Gasteiger partial charge on any atom is -0.488 e. The second-order valence-corrected chi connectivity index (χ2v) is 6.25. The summed E-state index contributed by atoms with van der Waals surface area (Å²) in [4.78, 5) is 29.2. The SMILES string of the molecule is Cc1cc(C(=O)N/N=C/c2cc(Cl)c(OC(C)C)c(Cl)c2)nc(=O)[nH]1. The van der Waals surface area contributed by atoms with E-state index in [0.29, 0.717) is 27.1 Å². The van der Waals surface area contributed by atoms with Crippen LogP contribution in [0.25, 0.3) is 0 Å². The number of hydrogen-bond acceptors (Lipinski definition) is 5. The van der Waals surface area contributed by atoms with E-state index < -0.39 is 11.6 Å². The summed E-state index contributed by atoms with van der Waals surface area (Å²) in [6.45, 7) is 5.37. The molecule has 0 aliphatic rings. The van der Waals surface area contributed by atoms with Crippen LogP contribution >= 0.6 is 23.2 Å². The van der Waals surface area contributed by atoms with Crippen molar-refractivity contribution >= 4 is 35.3 Å². The third-order valence-corrected chi connectivity index (χ3v) is 3.43. The Morgan fingerprint density at radius 2 is 1.96 bits per heavy atom. The van der Waals surface area contributed by atoms with Gasteiger partial charge in [-0.15, -0.1) is 0 Å². The van der Waals surface area contributed by atoms with E-state index in [2.05, 4.69) is 20.5 Å². The first-order chi connectivity index (χ1) is 11.8. The third-order valence-electron chi connectivity index (χ3n) is 2.87. The lowest BCUT2D eigenvalue weighted by Crippen LogP contribution is -2.24. The lowest BCUT2D eigenvalue weighted by molar-refractivity contribution is 0.0949. The summed E-state index contributed by atoms with van der Waals surface area (Å²) in [5, 5.41) is 4.48. The molecule has 0 saturated carbocycles. The van der Waals surface area contributed by atoms with Crippen LogP contribution in [0.2, 0.25) is 10.0 Å². The first-order valence-corrected chi connectivity index (χ1v) is 8.09. The summed E-state index contributed by atoms with van der Waals surface area (Å²) in [6, 6.07) is 4.66. The number of benzene rings is 1. The molecule has 132 valence electrons. The van der Waals surface area contributed by atoms with Crippen LogP contribution in [0.3, 0.4) is 0 Å². The molecule has 1 heterocycles. The number of hydrazone groups is 1. The highest BCUT2D eigenvalue weighted by molar-refractivity contribution is 6.37. The van der Waals surface area contributed by atoms with Gasteiger partial charge < -0.3 is 9.72 Å². The Bertz CT molecular complexity index is 855. The quantitative estimate of drug-likeness (QED) is 0.613. The van der Waals surface area contributed by atoms with Gasteiger partial charge in [0.1, 0.15) is 5.69 Å². The van der Waals surface area contributed by atoms with Crippen LogP contribution in [0.5, 0.6) is 5.75 Å². The van der Waals surface area contributed by atoms with Crippen LogP contribution in [0.1, 0.15) is 35.6 Å². The van der Waals surface area contributed by atoms with Crippen molar-refractivity contribution in [3.8, 4) is 5.75 Å². The molecule has 0 radical (unpaired) electrons. The number of H-pyrrole nitrogens is 1. The minimum absolute atomic E-state index is 0.0323. The number of aryl methyl sites for hydroxylation is 1. The molecule has 0 aliphatic heterocycles. The standard InChI is InChI=1S/C16H16Cl2N4O3/c1-8(2)25-14-11(17)5-10(6-12(14)18)7-19-22-15(23)13-4-9(3)20-16(24)21-13/h4-8H,1-3H3,(H,22,23)(H,20,21,24)/b19-7+. The van der Waals surface area contributed by atoms with Gasteiger partial charge >= 0.3 is 5.69 Å². The van der Waals surface area contributed by atoms with Gasteiger partial charge in [0.25, 0.3) is 5.91 Å². The number of rotatable bonds is 5. The van der Waals surface area contributed by atoms with E-state index in [1.54, 1.807) is 19.1 Å². The Hall–Kier alpha value is -2.38.